The second kappa shape index (κ2) is 6.39. The molecule has 0 aliphatic carbocycles. The van der Waals surface area contributed by atoms with Gasteiger partial charge in [0.25, 0.3) is 10.0 Å². The molecule has 0 fully saturated rings. The average Bonchev–Trinajstić information content (AvgIpc) is 2.45. The summed E-state index contributed by atoms with van der Waals surface area (Å²) < 4.78 is 26.9. The molecule has 0 amide bonds. The van der Waals surface area contributed by atoms with Gasteiger partial charge in [-0.3, -0.25) is 9.71 Å². The molecule has 0 saturated heterocycles. The van der Waals surface area contributed by atoms with Crippen molar-refractivity contribution in [2.45, 2.75) is 11.8 Å². The zero-order chi connectivity index (χ0) is 15.3. The van der Waals surface area contributed by atoms with Gasteiger partial charge in [-0.25, -0.2) is 8.42 Å². The normalized spacial score (nSPS) is 10.6. The predicted octanol–water partition coefficient (Wildman–Crippen LogP) is 1.53. The summed E-state index contributed by atoms with van der Waals surface area (Å²) in [7, 11) is -3.68. The third kappa shape index (κ3) is 4.05. The Balaban J connectivity index is 2.33. The van der Waals surface area contributed by atoms with Crippen LogP contribution in [0, 0.1) is 18.8 Å². The molecule has 21 heavy (non-hydrogen) atoms. The molecule has 1 aromatic carbocycles. The summed E-state index contributed by atoms with van der Waals surface area (Å²) in [4.78, 5) is 3.89. The van der Waals surface area contributed by atoms with Crippen LogP contribution in [-0.4, -0.2) is 25.1 Å². The fraction of sp³-hybridized carbons (Fsp3) is 0.133. The van der Waals surface area contributed by atoms with Crippen LogP contribution in [0.4, 0.5) is 5.69 Å². The summed E-state index contributed by atoms with van der Waals surface area (Å²) in [5.41, 5.74) is 1.91. The highest BCUT2D eigenvalue weighted by Gasteiger charge is 2.14. The molecule has 108 valence electrons. The lowest BCUT2D eigenvalue weighted by Crippen LogP contribution is -2.13. The maximum atomic E-state index is 12.2. The largest absolute Gasteiger partial charge is 0.384 e. The second-order valence-electron chi connectivity index (χ2n) is 4.34. The van der Waals surface area contributed by atoms with E-state index >= 15 is 0 Å². The maximum Gasteiger partial charge on any atom is 0.263 e. The third-order valence-electron chi connectivity index (χ3n) is 2.59. The molecular weight excluding hydrogens is 288 g/mol. The summed E-state index contributed by atoms with van der Waals surface area (Å²) >= 11 is 0. The zero-order valence-corrected chi connectivity index (χ0v) is 12.2. The van der Waals surface area contributed by atoms with Crippen LogP contribution in [-0.2, 0) is 10.0 Å². The van der Waals surface area contributed by atoms with E-state index in [0.29, 0.717) is 11.3 Å². The second-order valence-corrected chi connectivity index (χ2v) is 6.02. The number of aliphatic hydroxyl groups excluding tert-OH is 1. The predicted molar refractivity (Wildman–Crippen MR) is 80.2 cm³/mol. The van der Waals surface area contributed by atoms with E-state index in [4.69, 9.17) is 5.11 Å². The summed E-state index contributed by atoms with van der Waals surface area (Å²) in [5.74, 6) is 5.29. The highest BCUT2D eigenvalue weighted by Crippen LogP contribution is 2.18. The van der Waals surface area contributed by atoms with Crippen LogP contribution in [0.15, 0.2) is 47.6 Å². The van der Waals surface area contributed by atoms with Gasteiger partial charge in [-0.05, 0) is 42.8 Å². The van der Waals surface area contributed by atoms with E-state index in [1.165, 1.54) is 18.5 Å². The first kappa shape index (κ1) is 15.0. The third-order valence-corrected chi connectivity index (χ3v) is 3.95. The van der Waals surface area contributed by atoms with E-state index in [2.05, 4.69) is 21.5 Å². The maximum absolute atomic E-state index is 12.2. The lowest BCUT2D eigenvalue weighted by molar-refractivity contribution is 0.350. The van der Waals surface area contributed by atoms with Gasteiger partial charge in [0, 0.05) is 18.0 Å². The molecule has 0 aliphatic heterocycles. The number of aryl methyl sites for hydroxylation is 1. The van der Waals surface area contributed by atoms with Gasteiger partial charge >= 0.3 is 0 Å². The van der Waals surface area contributed by atoms with Crippen molar-refractivity contribution in [3.05, 3.63) is 53.9 Å². The molecular formula is C15H14N2O3S. The number of nitrogens with zero attached hydrogens (tertiary/aromatic N) is 1. The molecule has 0 radical (unpaired) electrons. The summed E-state index contributed by atoms with van der Waals surface area (Å²) in [5, 5.41) is 8.71. The molecule has 0 atom stereocenters. The van der Waals surface area contributed by atoms with Gasteiger partial charge < -0.3 is 5.11 Å². The Morgan fingerprint density at radius 2 is 2.14 bits per heavy atom. The van der Waals surface area contributed by atoms with Crippen LogP contribution in [0.3, 0.4) is 0 Å². The molecule has 2 N–H and O–H groups in total. The van der Waals surface area contributed by atoms with Crippen LogP contribution in [0.1, 0.15) is 11.1 Å². The van der Waals surface area contributed by atoms with Gasteiger partial charge in [-0.15, -0.1) is 0 Å². The minimum atomic E-state index is -3.68. The van der Waals surface area contributed by atoms with Crippen molar-refractivity contribution in [1.82, 2.24) is 4.98 Å². The van der Waals surface area contributed by atoms with Gasteiger partial charge in [0.1, 0.15) is 11.5 Å². The molecule has 0 aliphatic rings. The Hall–Kier alpha value is -2.36. The smallest absolute Gasteiger partial charge is 0.263 e. The minimum absolute atomic E-state index is 0.0921. The fourth-order valence-corrected chi connectivity index (χ4v) is 2.78. The molecule has 0 saturated carbocycles. The zero-order valence-electron chi connectivity index (χ0n) is 11.4. The number of hydrogen-bond donors (Lipinski definition) is 2. The number of pyridine rings is 1. The number of anilines is 1. The highest BCUT2D eigenvalue weighted by atomic mass is 32.2. The molecule has 2 aromatic rings. The molecule has 1 aromatic heterocycles. The SMILES string of the molecule is Cc1cc(C#CCO)cc(NS(=O)(=O)c2cccnc2)c1. The van der Waals surface area contributed by atoms with Crippen molar-refractivity contribution in [2.24, 2.45) is 0 Å². The first-order chi connectivity index (χ1) is 10.0. The van der Waals surface area contributed by atoms with Gasteiger partial charge in [0.05, 0.1) is 5.69 Å². The Kier molecular flexibility index (Phi) is 4.58. The van der Waals surface area contributed by atoms with Crippen LogP contribution in [0.5, 0.6) is 0 Å². The number of aromatic nitrogens is 1. The van der Waals surface area contributed by atoms with Crippen molar-refractivity contribution in [3.8, 4) is 11.8 Å². The molecule has 0 unspecified atom stereocenters. The minimum Gasteiger partial charge on any atom is -0.384 e. The summed E-state index contributed by atoms with van der Waals surface area (Å²) in [6.07, 6.45) is 2.79. The van der Waals surface area contributed by atoms with E-state index in [1.54, 1.807) is 18.2 Å². The van der Waals surface area contributed by atoms with Crippen molar-refractivity contribution in [3.63, 3.8) is 0 Å². The molecule has 1 heterocycles. The van der Waals surface area contributed by atoms with Crippen molar-refractivity contribution in [2.75, 3.05) is 11.3 Å². The van der Waals surface area contributed by atoms with Crippen LogP contribution in [0.25, 0.3) is 0 Å². The van der Waals surface area contributed by atoms with Crippen LogP contribution in [0.2, 0.25) is 0 Å². The number of aliphatic hydroxyl groups is 1. The topological polar surface area (TPSA) is 79.3 Å². The van der Waals surface area contributed by atoms with Crippen molar-refractivity contribution < 1.29 is 13.5 Å². The Bertz CT molecular complexity index is 791. The van der Waals surface area contributed by atoms with Crippen molar-refractivity contribution >= 4 is 15.7 Å². The molecule has 2 rings (SSSR count). The number of hydrogen-bond acceptors (Lipinski definition) is 4. The van der Waals surface area contributed by atoms with Crippen LogP contribution < -0.4 is 4.72 Å². The quantitative estimate of drug-likeness (QED) is 0.843. The lowest BCUT2D eigenvalue weighted by Gasteiger charge is -2.09. The Morgan fingerprint density at radius 3 is 2.81 bits per heavy atom. The van der Waals surface area contributed by atoms with Gasteiger partial charge in [0.2, 0.25) is 0 Å². The number of rotatable bonds is 3. The molecule has 6 heteroatoms. The molecule has 0 bridgehead atoms. The summed E-state index contributed by atoms with van der Waals surface area (Å²) in [6.45, 7) is 1.59. The average molecular weight is 302 g/mol. The van der Waals surface area contributed by atoms with Gasteiger partial charge in [0.15, 0.2) is 0 Å². The fourth-order valence-electron chi connectivity index (χ4n) is 1.78. The highest BCUT2D eigenvalue weighted by molar-refractivity contribution is 7.92. The Labute approximate surface area is 123 Å². The number of sulfonamides is 1. The van der Waals surface area contributed by atoms with Crippen LogP contribution >= 0.6 is 0 Å². The van der Waals surface area contributed by atoms with Crippen molar-refractivity contribution in [1.29, 1.82) is 0 Å². The van der Waals surface area contributed by atoms with E-state index < -0.39 is 10.0 Å². The van der Waals surface area contributed by atoms with Gasteiger partial charge in [-0.1, -0.05) is 11.8 Å². The van der Waals surface area contributed by atoms with E-state index in [-0.39, 0.29) is 11.5 Å². The number of nitrogens with one attached hydrogen (secondary N) is 1. The Morgan fingerprint density at radius 1 is 1.33 bits per heavy atom. The monoisotopic (exact) mass is 302 g/mol. The van der Waals surface area contributed by atoms with E-state index in [1.807, 2.05) is 13.0 Å². The molecule has 5 nitrogen and oxygen atoms in total. The lowest BCUT2D eigenvalue weighted by atomic mass is 10.1. The number of benzene rings is 1. The van der Waals surface area contributed by atoms with E-state index in [0.717, 1.165) is 5.56 Å². The van der Waals surface area contributed by atoms with E-state index in [9.17, 15) is 8.42 Å². The van der Waals surface area contributed by atoms with Gasteiger partial charge in [-0.2, -0.15) is 0 Å². The first-order valence-electron chi connectivity index (χ1n) is 6.15. The first-order valence-corrected chi connectivity index (χ1v) is 7.64. The molecule has 0 spiro atoms. The summed E-state index contributed by atoms with van der Waals surface area (Å²) in [6, 6.07) is 8.16. The standard InChI is InChI=1S/C15H14N2O3S/c1-12-8-13(4-3-7-18)10-14(9-12)17-21(19,20)15-5-2-6-16-11-15/h2,5-6,8-11,17-18H,7H2,1H3.